The van der Waals surface area contributed by atoms with E-state index in [9.17, 15) is 0 Å². The molecule has 2 aliphatic heterocycles. The summed E-state index contributed by atoms with van der Waals surface area (Å²) in [5.74, 6) is 2.49. The minimum Gasteiger partial charge on any atom is -0.493 e. The third-order valence-electron chi connectivity index (χ3n) is 4.45. The van der Waals surface area contributed by atoms with E-state index in [2.05, 4.69) is 39.4 Å². The lowest BCUT2D eigenvalue weighted by Crippen LogP contribution is -2.24. The minimum atomic E-state index is 0.778. The quantitative estimate of drug-likeness (QED) is 0.669. The summed E-state index contributed by atoms with van der Waals surface area (Å²) in [6.45, 7) is 2.07. The topological polar surface area (TPSA) is 30.5 Å². The van der Waals surface area contributed by atoms with E-state index in [0.717, 1.165) is 53.2 Å². The van der Waals surface area contributed by atoms with Crippen LogP contribution in [0.15, 0.2) is 46.4 Å². The number of nitrogens with one attached hydrogen (secondary N) is 1. The van der Waals surface area contributed by atoms with Gasteiger partial charge in [-0.2, -0.15) is 0 Å². The highest BCUT2D eigenvalue weighted by atomic mass is 79.9. The molecule has 0 saturated carbocycles. The number of benzene rings is 2. The molecule has 0 radical (unpaired) electrons. The van der Waals surface area contributed by atoms with Crippen molar-refractivity contribution in [3.05, 3.63) is 57.6 Å². The number of hydrogen-bond acceptors (Lipinski definition) is 3. The summed E-state index contributed by atoms with van der Waals surface area (Å²) in [7, 11) is 1.69. The molecular formula is C19H18BrNO2. The molecule has 1 N–H and O–H groups in total. The van der Waals surface area contributed by atoms with Crippen LogP contribution in [-0.2, 0) is 0 Å². The highest BCUT2D eigenvalue weighted by Gasteiger charge is 2.27. The highest BCUT2D eigenvalue weighted by Crippen LogP contribution is 2.50. The number of halogens is 1. The smallest absolute Gasteiger partial charge is 0.177 e. The van der Waals surface area contributed by atoms with Crippen LogP contribution in [0.3, 0.4) is 0 Å². The number of ether oxygens (including phenoxy) is 2. The van der Waals surface area contributed by atoms with Crippen molar-refractivity contribution in [1.29, 1.82) is 0 Å². The Morgan fingerprint density at radius 1 is 1.09 bits per heavy atom. The molecule has 2 heterocycles. The fraction of sp³-hybridized carbons (Fsp3) is 0.263. The van der Waals surface area contributed by atoms with Crippen molar-refractivity contribution in [2.24, 2.45) is 0 Å². The highest BCUT2D eigenvalue weighted by molar-refractivity contribution is 9.10. The van der Waals surface area contributed by atoms with Gasteiger partial charge in [0.05, 0.1) is 7.11 Å². The van der Waals surface area contributed by atoms with Crippen LogP contribution < -0.4 is 14.8 Å². The lowest BCUT2D eigenvalue weighted by Gasteiger charge is -2.28. The summed E-state index contributed by atoms with van der Waals surface area (Å²) >= 11 is 3.54. The van der Waals surface area contributed by atoms with E-state index in [1.807, 2.05) is 18.2 Å². The SMILES string of the molecule is COc1cccc2c1Oc1cc(Br)ccc1C2=C1CCNCC1. The molecule has 23 heavy (non-hydrogen) atoms. The zero-order valence-corrected chi connectivity index (χ0v) is 14.6. The molecule has 2 aromatic rings. The van der Waals surface area contributed by atoms with Crippen LogP contribution in [0.5, 0.6) is 17.2 Å². The molecule has 2 aliphatic rings. The van der Waals surface area contributed by atoms with Crippen LogP contribution in [0.25, 0.3) is 5.57 Å². The maximum Gasteiger partial charge on any atom is 0.177 e. The molecule has 0 amide bonds. The zero-order chi connectivity index (χ0) is 15.8. The van der Waals surface area contributed by atoms with Crippen molar-refractivity contribution in [2.45, 2.75) is 12.8 Å². The summed E-state index contributed by atoms with van der Waals surface area (Å²) in [6.07, 6.45) is 2.14. The van der Waals surface area contributed by atoms with Gasteiger partial charge in [-0.05, 0) is 55.8 Å². The molecule has 0 spiro atoms. The van der Waals surface area contributed by atoms with Gasteiger partial charge in [-0.15, -0.1) is 0 Å². The number of rotatable bonds is 1. The third-order valence-corrected chi connectivity index (χ3v) is 4.95. The Hall–Kier alpha value is -1.78. The lowest BCUT2D eigenvalue weighted by molar-refractivity contribution is 0.376. The molecule has 1 saturated heterocycles. The second-order valence-electron chi connectivity index (χ2n) is 5.81. The Morgan fingerprint density at radius 3 is 2.70 bits per heavy atom. The van der Waals surface area contributed by atoms with Crippen LogP contribution in [0, 0.1) is 0 Å². The number of hydrogen-bond donors (Lipinski definition) is 1. The molecule has 0 aromatic heterocycles. The average molecular weight is 372 g/mol. The van der Waals surface area contributed by atoms with Crippen LogP contribution in [-0.4, -0.2) is 20.2 Å². The van der Waals surface area contributed by atoms with Gasteiger partial charge < -0.3 is 14.8 Å². The molecule has 0 unspecified atom stereocenters. The average Bonchev–Trinajstić information content (AvgIpc) is 2.59. The third kappa shape index (κ3) is 2.56. The molecule has 0 bridgehead atoms. The second-order valence-corrected chi connectivity index (χ2v) is 6.72. The van der Waals surface area contributed by atoms with E-state index in [-0.39, 0.29) is 0 Å². The number of methoxy groups -OCH3 is 1. The van der Waals surface area contributed by atoms with Gasteiger partial charge in [0, 0.05) is 15.6 Å². The van der Waals surface area contributed by atoms with E-state index >= 15 is 0 Å². The van der Waals surface area contributed by atoms with Crippen molar-refractivity contribution in [2.75, 3.05) is 20.2 Å². The molecule has 1 fully saturated rings. The predicted molar refractivity (Wildman–Crippen MR) is 95.3 cm³/mol. The van der Waals surface area contributed by atoms with Crippen LogP contribution in [0.1, 0.15) is 24.0 Å². The van der Waals surface area contributed by atoms with Crippen LogP contribution >= 0.6 is 15.9 Å². The molecule has 2 aromatic carbocycles. The summed E-state index contributed by atoms with van der Waals surface area (Å²) in [5.41, 5.74) is 5.11. The molecule has 118 valence electrons. The monoisotopic (exact) mass is 371 g/mol. The predicted octanol–water partition coefficient (Wildman–Crippen LogP) is 4.75. The zero-order valence-electron chi connectivity index (χ0n) is 13.0. The van der Waals surface area contributed by atoms with E-state index in [1.54, 1.807) is 7.11 Å². The first-order chi connectivity index (χ1) is 11.3. The first-order valence-electron chi connectivity index (χ1n) is 7.86. The maximum absolute atomic E-state index is 6.20. The molecular weight excluding hydrogens is 354 g/mol. The van der Waals surface area contributed by atoms with Gasteiger partial charge in [0.15, 0.2) is 11.5 Å². The first-order valence-corrected chi connectivity index (χ1v) is 8.65. The van der Waals surface area contributed by atoms with Gasteiger partial charge in [0.2, 0.25) is 0 Å². The molecule has 4 heteroatoms. The summed E-state index contributed by atoms with van der Waals surface area (Å²) in [5, 5.41) is 3.44. The number of fused-ring (bicyclic) bond motifs is 2. The lowest BCUT2D eigenvalue weighted by atomic mass is 9.86. The van der Waals surface area contributed by atoms with Crippen molar-refractivity contribution in [3.8, 4) is 17.2 Å². The van der Waals surface area contributed by atoms with Crippen LogP contribution in [0.2, 0.25) is 0 Å². The van der Waals surface area contributed by atoms with Gasteiger partial charge in [-0.1, -0.05) is 33.6 Å². The van der Waals surface area contributed by atoms with Gasteiger partial charge >= 0.3 is 0 Å². The van der Waals surface area contributed by atoms with Crippen LogP contribution in [0.4, 0.5) is 0 Å². The fourth-order valence-corrected chi connectivity index (χ4v) is 3.72. The Labute approximate surface area is 144 Å². The molecule has 4 rings (SSSR count). The van der Waals surface area contributed by atoms with E-state index in [4.69, 9.17) is 9.47 Å². The van der Waals surface area contributed by atoms with Gasteiger partial charge in [-0.3, -0.25) is 0 Å². The van der Waals surface area contributed by atoms with E-state index < -0.39 is 0 Å². The fourth-order valence-electron chi connectivity index (χ4n) is 3.38. The van der Waals surface area contributed by atoms with Crippen molar-refractivity contribution < 1.29 is 9.47 Å². The normalized spacial score (nSPS) is 16.4. The summed E-state index contributed by atoms with van der Waals surface area (Å²) < 4.78 is 12.7. The van der Waals surface area contributed by atoms with Crippen molar-refractivity contribution in [3.63, 3.8) is 0 Å². The van der Waals surface area contributed by atoms with Crippen molar-refractivity contribution >= 4 is 21.5 Å². The number of piperidine rings is 1. The van der Waals surface area contributed by atoms with Gasteiger partial charge in [0.25, 0.3) is 0 Å². The standard InChI is InChI=1S/C19H18BrNO2/c1-22-16-4-2-3-15-18(12-7-9-21-10-8-12)14-6-5-13(20)11-17(14)23-19(15)16/h2-6,11,21H,7-10H2,1H3. The summed E-state index contributed by atoms with van der Waals surface area (Å²) in [4.78, 5) is 0. The van der Waals surface area contributed by atoms with Gasteiger partial charge in [-0.25, -0.2) is 0 Å². The number of para-hydroxylation sites is 1. The van der Waals surface area contributed by atoms with Crippen molar-refractivity contribution in [1.82, 2.24) is 5.32 Å². The molecule has 3 nitrogen and oxygen atoms in total. The molecule has 0 aliphatic carbocycles. The minimum absolute atomic E-state index is 0.778. The first kappa shape index (κ1) is 14.8. The Bertz CT molecular complexity index is 790. The largest absolute Gasteiger partial charge is 0.493 e. The maximum atomic E-state index is 6.20. The Morgan fingerprint density at radius 2 is 1.91 bits per heavy atom. The summed E-state index contributed by atoms with van der Waals surface area (Å²) in [6, 6.07) is 12.4. The van der Waals surface area contributed by atoms with E-state index in [1.165, 1.54) is 16.7 Å². The molecule has 0 atom stereocenters. The second kappa shape index (κ2) is 6.02. The Kier molecular flexibility index (Phi) is 3.87. The Balaban J connectivity index is 1.98. The van der Waals surface area contributed by atoms with Gasteiger partial charge in [0.1, 0.15) is 5.75 Å². The van der Waals surface area contributed by atoms with E-state index in [0.29, 0.717) is 0 Å².